The van der Waals surface area contributed by atoms with Crippen molar-refractivity contribution in [3.05, 3.63) is 238 Å². The number of nitrogens with one attached hydrogen (secondary N) is 3. The van der Waals surface area contributed by atoms with Gasteiger partial charge in [0.1, 0.15) is 82.6 Å². The van der Waals surface area contributed by atoms with Crippen molar-refractivity contribution in [2.75, 3.05) is 64.1 Å². The molecule has 4 N–H and O–H groups in total. The van der Waals surface area contributed by atoms with Gasteiger partial charge >= 0.3 is 93.2 Å². The van der Waals surface area contributed by atoms with Gasteiger partial charge in [0, 0.05) is 133 Å². The molecule has 0 aliphatic heterocycles. The Labute approximate surface area is 778 Å². The number of aromatic hydroxyl groups is 1. The number of hydrogen-bond donors (Lipinski definition) is 4. The Morgan fingerprint density at radius 2 is 0.908 bits per heavy atom. The predicted molar refractivity (Wildman–Crippen MR) is 463 cm³/mol. The Balaban J connectivity index is -0.00000135. The molecule has 0 aliphatic carbocycles. The van der Waals surface area contributed by atoms with Gasteiger partial charge in [0.15, 0.2) is 17.4 Å². The van der Waals surface area contributed by atoms with E-state index in [9.17, 15) is 32.5 Å². The number of hydrogen-bond acceptors (Lipinski definition) is 17. The molecule has 0 fully saturated rings. The quantitative estimate of drug-likeness (QED) is 0.0185. The van der Waals surface area contributed by atoms with Gasteiger partial charge in [-0.2, -0.15) is 29.5 Å². The zero-order valence-electron chi connectivity index (χ0n) is 73.6. The predicted octanol–water partition coefficient (Wildman–Crippen LogP) is 9.75. The van der Waals surface area contributed by atoms with Gasteiger partial charge in [-0.25, -0.2) is 9.59 Å². The molecule has 8 aromatic carbocycles. The summed E-state index contributed by atoms with van der Waals surface area (Å²) in [6.45, 7) is 15.0. The zero-order chi connectivity index (χ0) is 86.3. The van der Waals surface area contributed by atoms with Gasteiger partial charge in [0.2, 0.25) is 0 Å². The van der Waals surface area contributed by atoms with E-state index in [2.05, 4.69) is 122 Å². The number of aryl methyl sites for hydroxylation is 5. The molecule has 0 amide bonds. The second kappa shape index (κ2) is 54.9. The van der Waals surface area contributed by atoms with Crippen molar-refractivity contribution >= 4 is 131 Å². The maximum Gasteiger partial charge on any atom is 1.00 e. The Hall–Kier alpha value is -10.1. The third-order valence-electron chi connectivity index (χ3n) is 17.2. The number of para-hydroxylation sites is 2. The number of nitriles is 4. The molecule has 0 radical (unpaired) electrons. The van der Waals surface area contributed by atoms with Gasteiger partial charge in [-0.3, -0.25) is 8.78 Å². The van der Waals surface area contributed by atoms with Crippen LogP contribution in [-0.2, 0) is 50.3 Å². The summed E-state index contributed by atoms with van der Waals surface area (Å²) in [6, 6.07) is 65.9. The van der Waals surface area contributed by atoms with Crippen molar-refractivity contribution in [3.8, 4) is 70.3 Å². The van der Waals surface area contributed by atoms with E-state index in [4.69, 9.17) is 56.3 Å². The van der Waals surface area contributed by atoms with Crippen LogP contribution in [0, 0.1) is 66.1 Å². The van der Waals surface area contributed by atoms with Crippen LogP contribution in [-0.4, -0.2) is 136 Å². The molecular weight excluding hydrogens is 1660 g/mol. The number of nitrogens with zero attached hydrogens (tertiary/aromatic N) is 8. The van der Waals surface area contributed by atoms with Crippen LogP contribution >= 0.6 is 26.6 Å². The van der Waals surface area contributed by atoms with Gasteiger partial charge < -0.3 is 75.9 Å². The normalized spacial score (nSPS) is 9.86. The number of benzene rings is 8. The number of methoxy groups -OCH3 is 7. The van der Waals surface area contributed by atoms with E-state index in [1.165, 1.54) is 18.2 Å². The molecule has 6 heterocycles. The Morgan fingerprint density at radius 1 is 0.529 bits per heavy atom. The van der Waals surface area contributed by atoms with Gasteiger partial charge in [0.25, 0.3) is 6.08 Å². The maximum atomic E-state index is 11.3. The van der Waals surface area contributed by atoms with Gasteiger partial charge in [-0.1, -0.05) is 56.7 Å². The third kappa shape index (κ3) is 29.4. The molecule has 0 bridgehead atoms. The Bertz CT molecular complexity index is 5990. The third-order valence-corrected chi connectivity index (χ3v) is 18.3. The Morgan fingerprint density at radius 3 is 1.29 bits per heavy atom. The van der Waals surface area contributed by atoms with Gasteiger partial charge in [0.05, 0.1) is 117 Å². The van der Waals surface area contributed by atoms with Crippen LogP contribution in [0.25, 0.3) is 65.4 Å². The molecule has 0 atom stereocenters. The number of fused-ring (bicyclic) bond motifs is 6. The minimum absolute atomic E-state index is 0. The van der Waals surface area contributed by atoms with E-state index in [-0.39, 0.29) is 106 Å². The topological polar surface area (TPSA) is 332 Å². The molecule has 6 aromatic heterocycles. The van der Waals surface area contributed by atoms with E-state index < -0.39 is 23.5 Å². The summed E-state index contributed by atoms with van der Waals surface area (Å²) in [4.78, 5) is 29.7. The first-order chi connectivity index (χ1) is 56.3. The number of H-pyrrole nitrogens is 3. The minimum atomic E-state index is -4.00. The number of phenolic OH excluding ortho intramolecular Hbond substituents is 1. The molecule has 0 spiro atoms. The van der Waals surface area contributed by atoms with Crippen molar-refractivity contribution in [3.63, 3.8) is 0 Å². The number of carbonyl (C=O) groups excluding carboxylic acids is 2. The summed E-state index contributed by atoms with van der Waals surface area (Å²) in [5, 5.41) is 52.3. The number of carbonyl (C=O) groups is 1. The average Bonchev–Trinajstić information content (AvgIpc) is 1.62. The monoisotopic (exact) mass is 1760 g/mol. The van der Waals surface area contributed by atoms with Crippen LogP contribution in [0.5, 0.6) is 46.0 Å². The summed E-state index contributed by atoms with van der Waals surface area (Å²) in [7, 11) is 9.58. The second-order valence-corrected chi connectivity index (χ2v) is 26.4. The number of alkyl halides is 3. The van der Waals surface area contributed by atoms with Crippen molar-refractivity contribution < 1.29 is 155 Å². The first-order valence-corrected chi connectivity index (χ1v) is 38.2. The van der Waals surface area contributed by atoms with Crippen molar-refractivity contribution in [1.82, 2.24) is 28.7 Å². The molecule has 0 aliphatic rings. The number of phenols is 1. The molecule has 24 nitrogen and oxygen atoms in total. The number of halogens is 4. The fraction of sp³-hybridized carbons (Fsp3) is 0.233. The molecular formula is C86H95AlBrClF2LiN11Na2O13S. The number of isocyanates is 1. The van der Waals surface area contributed by atoms with Gasteiger partial charge in [-0.05, 0) is 156 Å². The first-order valence-electron chi connectivity index (χ1n) is 36.2. The van der Waals surface area contributed by atoms with Crippen LogP contribution in [0.1, 0.15) is 89.0 Å². The number of ether oxygens (including phenoxy) is 8. The number of rotatable bonds is 15. The maximum absolute atomic E-state index is 11.3. The van der Waals surface area contributed by atoms with Crippen LogP contribution in [0.3, 0.4) is 0 Å². The van der Waals surface area contributed by atoms with E-state index in [0.717, 1.165) is 160 Å². The molecule has 612 valence electrons. The van der Waals surface area contributed by atoms with E-state index in [1.807, 2.05) is 160 Å². The first kappa shape index (κ1) is 103. The smallest absolute Gasteiger partial charge is 1.00 e. The number of aromatic nitrogens is 6. The van der Waals surface area contributed by atoms with Crippen molar-refractivity contribution in [2.24, 2.45) is 4.40 Å². The molecule has 14 aromatic rings. The summed E-state index contributed by atoms with van der Waals surface area (Å²) in [5.74, 6) is 5.60. The summed E-state index contributed by atoms with van der Waals surface area (Å²) < 4.78 is 100. The minimum Gasteiger partial charge on any atom is -1.00 e. The zero-order valence-corrected chi connectivity index (χ0v) is 75.8. The molecule has 0 saturated carbocycles. The SMILES string of the molecule is CCn1c(C)c(C#N)c2ccc(OC)cc21.CCn1c(CBr)c(C#N)c2ccc(OC)cc21.CCn1c(COc2ccccc2)c(C#N)c2ccc(OC)cc21.COC(=O)c1cc2ccc(OC)cc2[nH]1.COc1ccc2c(C#N)c(C)[nH]c2c1.COc1ccc2cc(C)[nH]c2c1.O=C=NS(=O)(=O)Cl.Oc1ccccc1.[2H]CF.[2H]CF.[AlH3].[H-].[H-].[H-].[Li+].[Na+].[Na+]. The molecule has 14 rings (SSSR count). The molecule has 0 unspecified atom stereocenters. The molecule has 33 heteroatoms. The molecule has 119 heavy (non-hydrogen) atoms. The van der Waals surface area contributed by atoms with E-state index >= 15 is 0 Å². The number of esters is 1. The van der Waals surface area contributed by atoms with Crippen LogP contribution in [0.15, 0.2) is 186 Å². The van der Waals surface area contributed by atoms with E-state index in [1.54, 1.807) is 73.0 Å². The standard InChI is InChI=1S/C19H18N2O2.C13H13BrN2O.C13H14N2O.C11H10N2O.C11H11NO3.C10H11NO.C6H6O.CClNO3S.2CH3F.Al.Li.2Na.6H/c1-3-21-18-11-15(22-2)9-10-16(18)17(12-20)19(21)13-23-14-7-5-4-6-8-14;1-3-16-12-6-9(17-2)4-5-10(12)11(8-15)13(16)7-14;1-4-15-9(2)12(8-14)11-6-5-10(16-3)7-13(11)15;1-7-10(6-12)9-4-3-8(14-2)5-11(9)13-7;1-14-8-4-3-7-5-10(11(13)15-2)12-9(7)6-8;1-7-5-8-3-4-9(12-2)6-10(8)11-7;7-6-4-2-1-3-5-6;2-7(5,6)3-1-4;2*1-2;;;;;;;;;;/h4-11H,3,13H2,1-2H3;4-6H,3,7H2,1-2H3;5-7H,4H2,1-3H3;3-5,13H,1-2H3;3-6,12H,1-2H3;3-6,11H,1-2H3;1-5,7H;;2*1H3;;;;;;;;;;/q;;;;;;;;;;;3*+1;;;;3*-1/i;;;;;;;;2*1D;;;;;;;;;;. The van der Waals surface area contributed by atoms with Crippen LogP contribution in [0.2, 0.25) is 0 Å². The van der Waals surface area contributed by atoms with E-state index in [0.29, 0.717) is 34.5 Å². The van der Waals surface area contributed by atoms with Crippen molar-refractivity contribution in [1.29, 1.82) is 21.0 Å². The average molecular weight is 1760 g/mol. The largest absolute Gasteiger partial charge is 1.00 e. The van der Waals surface area contributed by atoms with Crippen LogP contribution < -0.4 is 111 Å². The van der Waals surface area contributed by atoms with Crippen LogP contribution in [0.4, 0.5) is 8.78 Å². The summed E-state index contributed by atoms with van der Waals surface area (Å²) in [5.41, 5.74) is 14.4. The second-order valence-electron chi connectivity index (χ2n) is 23.7. The summed E-state index contributed by atoms with van der Waals surface area (Å²) >= 11 is 3.45. The van der Waals surface area contributed by atoms with Gasteiger partial charge in [-0.15, -0.1) is 0 Å². The fourth-order valence-electron chi connectivity index (χ4n) is 12.0. The number of aromatic amines is 3. The Kier molecular flexibility index (Phi) is 47.6. The molecule has 0 saturated heterocycles. The van der Waals surface area contributed by atoms with Crippen molar-refractivity contribution in [2.45, 2.75) is 73.1 Å². The fourth-order valence-corrected chi connectivity index (χ4v) is 12.7. The summed E-state index contributed by atoms with van der Waals surface area (Å²) in [6.07, 6.45) is 0.763.